The molecule has 1 saturated heterocycles. The molecule has 1 heterocycles. The summed E-state index contributed by atoms with van der Waals surface area (Å²) < 4.78 is 5.52. The fraction of sp³-hybridized carbons (Fsp3) is 0.895. The number of aliphatic imine (C=N–C) groups is 1. The van der Waals surface area contributed by atoms with Crippen LogP contribution in [0.4, 0.5) is 0 Å². The first-order valence-electron chi connectivity index (χ1n) is 9.99. The Morgan fingerprint density at radius 2 is 1.78 bits per heavy atom. The third-order valence-electron chi connectivity index (χ3n) is 5.23. The van der Waals surface area contributed by atoms with Crippen LogP contribution in [0.5, 0.6) is 0 Å². The van der Waals surface area contributed by atoms with E-state index in [1.54, 1.807) is 0 Å². The Balaban J connectivity index is 0.00000676. The molecule has 1 unspecified atom stereocenters. The topological polar surface area (TPSA) is 92.0 Å². The number of carbonyl (C=O) groups is 1. The van der Waals surface area contributed by atoms with Crippen molar-refractivity contribution in [3.8, 4) is 0 Å². The molecule has 1 amide bonds. The van der Waals surface area contributed by atoms with Gasteiger partial charge < -0.3 is 21.1 Å². The van der Waals surface area contributed by atoms with Crippen LogP contribution in [0, 0.1) is 11.3 Å². The normalized spacial score (nSPS) is 17.3. The number of rotatable bonds is 10. The average Bonchev–Trinajstić information content (AvgIpc) is 2.63. The molecule has 8 heteroatoms. The number of ether oxygens (including phenoxy) is 1. The molecule has 1 rings (SSSR count). The Labute approximate surface area is 182 Å². The quantitative estimate of drug-likeness (QED) is 0.243. The lowest BCUT2D eigenvalue weighted by molar-refractivity contribution is -0.125. The number of guanidine groups is 1. The number of nitrogens with two attached hydrogens (primary N) is 1. The molecule has 4 N–H and O–H groups in total. The Kier molecular flexibility index (Phi) is 13.2. The van der Waals surface area contributed by atoms with Crippen molar-refractivity contribution in [2.24, 2.45) is 22.1 Å². The van der Waals surface area contributed by atoms with Crippen LogP contribution in [0.1, 0.15) is 47.5 Å². The predicted octanol–water partition coefficient (Wildman–Crippen LogP) is 1.81. The first-order chi connectivity index (χ1) is 12.4. The summed E-state index contributed by atoms with van der Waals surface area (Å²) in [5.41, 5.74) is 4.81. The van der Waals surface area contributed by atoms with E-state index < -0.39 is 5.41 Å². The van der Waals surface area contributed by atoms with Crippen LogP contribution in [0.3, 0.4) is 0 Å². The van der Waals surface area contributed by atoms with Gasteiger partial charge in [0.25, 0.3) is 0 Å². The molecule has 1 aliphatic heterocycles. The zero-order valence-corrected chi connectivity index (χ0v) is 20.0. The number of amides is 1. The third kappa shape index (κ3) is 8.95. The first-order valence-corrected chi connectivity index (χ1v) is 9.99. The Morgan fingerprint density at radius 3 is 2.26 bits per heavy atom. The Morgan fingerprint density at radius 1 is 1.19 bits per heavy atom. The maximum Gasteiger partial charge on any atom is 0.224 e. The summed E-state index contributed by atoms with van der Waals surface area (Å²) in [7, 11) is 0. The summed E-state index contributed by atoms with van der Waals surface area (Å²) in [6.45, 7) is 15.7. The molecule has 1 aliphatic rings. The maximum absolute atomic E-state index is 11.5. The van der Waals surface area contributed by atoms with Gasteiger partial charge in [-0.05, 0) is 26.7 Å². The Bertz CT molecular complexity index is 449. The lowest BCUT2D eigenvalue weighted by Gasteiger charge is -2.39. The van der Waals surface area contributed by atoms with Crippen molar-refractivity contribution in [2.75, 3.05) is 45.9 Å². The fourth-order valence-electron chi connectivity index (χ4n) is 3.23. The van der Waals surface area contributed by atoms with Gasteiger partial charge in [-0.25, -0.2) is 0 Å². The number of morpholine rings is 1. The van der Waals surface area contributed by atoms with Gasteiger partial charge in [-0.1, -0.05) is 26.7 Å². The van der Waals surface area contributed by atoms with Crippen LogP contribution in [-0.4, -0.2) is 68.7 Å². The van der Waals surface area contributed by atoms with Gasteiger partial charge in [0.2, 0.25) is 5.91 Å². The second-order valence-electron chi connectivity index (χ2n) is 7.62. The van der Waals surface area contributed by atoms with Gasteiger partial charge in [0, 0.05) is 32.2 Å². The van der Waals surface area contributed by atoms with E-state index in [9.17, 15) is 4.79 Å². The zero-order chi connectivity index (χ0) is 19.6. The summed E-state index contributed by atoms with van der Waals surface area (Å²) in [6.07, 6.45) is 2.31. The molecule has 0 aromatic rings. The molecule has 0 saturated carbocycles. The standard InChI is InChI=1S/C19H39N5O2.HI/c1-6-15(7-2)16(24-9-11-26-12-10-24)13-22-18(21-8-3)23-14-19(4,5)17(20)25;/h15-16H,6-14H2,1-5H3,(H2,20,25)(H2,21,22,23);1H. The molecule has 0 spiro atoms. The SMILES string of the molecule is CCNC(=NCC(C)(C)C(N)=O)NCC(C(CC)CC)N1CCOCC1.I. The van der Waals surface area contributed by atoms with E-state index in [2.05, 4.69) is 34.4 Å². The van der Waals surface area contributed by atoms with Gasteiger partial charge >= 0.3 is 0 Å². The number of halogens is 1. The van der Waals surface area contributed by atoms with E-state index in [0.29, 0.717) is 18.5 Å². The second kappa shape index (κ2) is 13.5. The summed E-state index contributed by atoms with van der Waals surface area (Å²) in [4.78, 5) is 18.6. The van der Waals surface area contributed by atoms with Gasteiger partial charge in [-0.3, -0.25) is 14.7 Å². The van der Waals surface area contributed by atoms with Gasteiger partial charge in [0.1, 0.15) is 0 Å². The van der Waals surface area contributed by atoms with E-state index in [-0.39, 0.29) is 29.9 Å². The van der Waals surface area contributed by atoms with Crippen molar-refractivity contribution in [3.05, 3.63) is 0 Å². The van der Waals surface area contributed by atoms with Crippen molar-refractivity contribution >= 4 is 35.8 Å². The van der Waals surface area contributed by atoms with Gasteiger partial charge in [0.05, 0.1) is 25.2 Å². The minimum atomic E-state index is -0.651. The van der Waals surface area contributed by atoms with E-state index in [0.717, 1.165) is 58.2 Å². The summed E-state index contributed by atoms with van der Waals surface area (Å²) in [6, 6.07) is 0.446. The lowest BCUT2D eigenvalue weighted by atomic mass is 9.92. The van der Waals surface area contributed by atoms with Crippen LogP contribution >= 0.6 is 24.0 Å². The molecule has 0 aromatic heterocycles. The van der Waals surface area contributed by atoms with Crippen molar-refractivity contribution < 1.29 is 9.53 Å². The van der Waals surface area contributed by atoms with Crippen molar-refractivity contribution in [1.29, 1.82) is 0 Å². The van der Waals surface area contributed by atoms with E-state index in [4.69, 9.17) is 10.5 Å². The Hall–Kier alpha value is -0.610. The number of hydrogen-bond donors (Lipinski definition) is 3. The maximum atomic E-state index is 11.5. The highest BCUT2D eigenvalue weighted by molar-refractivity contribution is 14.0. The molecule has 160 valence electrons. The van der Waals surface area contributed by atoms with Crippen LogP contribution < -0.4 is 16.4 Å². The van der Waals surface area contributed by atoms with Crippen molar-refractivity contribution in [2.45, 2.75) is 53.5 Å². The van der Waals surface area contributed by atoms with Crippen molar-refractivity contribution in [3.63, 3.8) is 0 Å². The zero-order valence-electron chi connectivity index (χ0n) is 17.7. The molecular weight excluding hydrogens is 457 g/mol. The van der Waals surface area contributed by atoms with Crippen LogP contribution in [0.15, 0.2) is 4.99 Å². The smallest absolute Gasteiger partial charge is 0.224 e. The minimum absolute atomic E-state index is 0. The highest BCUT2D eigenvalue weighted by Gasteiger charge is 2.28. The van der Waals surface area contributed by atoms with E-state index in [1.165, 1.54) is 0 Å². The second-order valence-corrected chi connectivity index (χ2v) is 7.62. The summed E-state index contributed by atoms with van der Waals surface area (Å²) in [5, 5.41) is 6.75. The monoisotopic (exact) mass is 497 g/mol. The fourth-order valence-corrected chi connectivity index (χ4v) is 3.23. The summed E-state index contributed by atoms with van der Waals surface area (Å²) >= 11 is 0. The first kappa shape index (κ1) is 26.4. The molecule has 1 fully saturated rings. The van der Waals surface area contributed by atoms with Gasteiger partial charge in [0.15, 0.2) is 5.96 Å². The van der Waals surface area contributed by atoms with E-state index in [1.807, 2.05) is 20.8 Å². The number of nitrogens with one attached hydrogen (secondary N) is 2. The third-order valence-corrected chi connectivity index (χ3v) is 5.23. The molecule has 1 atom stereocenters. The number of nitrogens with zero attached hydrogens (tertiary/aromatic N) is 2. The molecule has 0 aromatic carbocycles. The molecule has 0 aliphatic carbocycles. The number of carbonyl (C=O) groups excluding carboxylic acids is 1. The molecular formula is C19H40IN5O2. The molecule has 0 radical (unpaired) electrons. The van der Waals surface area contributed by atoms with Gasteiger partial charge in [-0.15, -0.1) is 24.0 Å². The highest BCUT2D eigenvalue weighted by atomic mass is 127. The summed E-state index contributed by atoms with van der Waals surface area (Å²) in [5.74, 6) is 1.04. The van der Waals surface area contributed by atoms with Crippen LogP contribution in [-0.2, 0) is 9.53 Å². The van der Waals surface area contributed by atoms with Crippen molar-refractivity contribution in [1.82, 2.24) is 15.5 Å². The van der Waals surface area contributed by atoms with Crippen LogP contribution in [0.2, 0.25) is 0 Å². The lowest BCUT2D eigenvalue weighted by Crippen LogP contribution is -2.53. The number of hydrogen-bond acceptors (Lipinski definition) is 4. The van der Waals surface area contributed by atoms with Crippen LogP contribution in [0.25, 0.3) is 0 Å². The molecule has 27 heavy (non-hydrogen) atoms. The highest BCUT2D eigenvalue weighted by Crippen LogP contribution is 2.19. The minimum Gasteiger partial charge on any atom is -0.379 e. The molecule has 7 nitrogen and oxygen atoms in total. The molecule has 0 bridgehead atoms. The number of primary amides is 1. The predicted molar refractivity (Wildman–Crippen MR) is 123 cm³/mol. The largest absolute Gasteiger partial charge is 0.379 e. The van der Waals surface area contributed by atoms with E-state index >= 15 is 0 Å². The average molecular weight is 497 g/mol. The van der Waals surface area contributed by atoms with Gasteiger partial charge in [-0.2, -0.15) is 0 Å².